The largest absolute Gasteiger partial charge is 0.303 e. The summed E-state index contributed by atoms with van der Waals surface area (Å²) >= 11 is 0. The summed E-state index contributed by atoms with van der Waals surface area (Å²) in [4.78, 5) is 13.8. The van der Waals surface area contributed by atoms with Crippen molar-refractivity contribution in [3.8, 4) is 0 Å². The van der Waals surface area contributed by atoms with Crippen LogP contribution in [0.15, 0.2) is 0 Å². The molecule has 1 fully saturated rings. The van der Waals surface area contributed by atoms with Crippen LogP contribution in [-0.2, 0) is 4.79 Å². The van der Waals surface area contributed by atoms with Gasteiger partial charge in [-0.1, -0.05) is 27.7 Å². The van der Waals surface area contributed by atoms with Crippen molar-refractivity contribution >= 4 is 6.29 Å². The zero-order valence-corrected chi connectivity index (χ0v) is 13.0. The minimum Gasteiger partial charge on any atom is -0.303 e. The highest BCUT2D eigenvalue weighted by molar-refractivity contribution is 5.59. The smallest absolute Gasteiger partial charge is 0.127 e. The third-order valence-corrected chi connectivity index (χ3v) is 5.15. The van der Waals surface area contributed by atoms with Crippen molar-refractivity contribution in [2.45, 2.75) is 72.3 Å². The number of carbonyl (C=O) groups is 1. The van der Waals surface area contributed by atoms with Gasteiger partial charge in [-0.2, -0.15) is 0 Å². The number of aldehydes is 1. The summed E-state index contributed by atoms with van der Waals surface area (Å²) in [6.45, 7) is 9.94. The van der Waals surface area contributed by atoms with Crippen LogP contribution in [0.1, 0.15) is 66.2 Å². The molecule has 1 aliphatic rings. The molecule has 2 heteroatoms. The second-order valence-electron chi connectivity index (χ2n) is 7.00. The van der Waals surface area contributed by atoms with Crippen molar-refractivity contribution in [2.75, 3.05) is 13.6 Å². The van der Waals surface area contributed by atoms with E-state index in [0.29, 0.717) is 11.5 Å². The fourth-order valence-corrected chi connectivity index (χ4v) is 3.13. The average molecular weight is 253 g/mol. The van der Waals surface area contributed by atoms with Crippen molar-refractivity contribution in [2.24, 2.45) is 10.8 Å². The Balaban J connectivity index is 2.55. The van der Waals surface area contributed by atoms with Gasteiger partial charge in [0, 0.05) is 18.0 Å². The number of hydrogen-bond donors (Lipinski definition) is 0. The number of carbonyl (C=O) groups excluding carboxylic acids is 1. The first-order valence-electron chi connectivity index (χ1n) is 7.54. The van der Waals surface area contributed by atoms with Crippen molar-refractivity contribution in [3.05, 3.63) is 0 Å². The molecule has 18 heavy (non-hydrogen) atoms. The molecule has 0 atom stereocenters. The molecule has 1 saturated carbocycles. The molecule has 0 heterocycles. The van der Waals surface area contributed by atoms with Crippen LogP contribution in [0.2, 0.25) is 0 Å². The summed E-state index contributed by atoms with van der Waals surface area (Å²) in [5.74, 6) is 0. The van der Waals surface area contributed by atoms with Crippen LogP contribution in [0.5, 0.6) is 0 Å². The summed E-state index contributed by atoms with van der Waals surface area (Å²) in [5, 5.41) is 0. The van der Waals surface area contributed by atoms with Crippen LogP contribution < -0.4 is 0 Å². The van der Waals surface area contributed by atoms with Gasteiger partial charge in [-0.15, -0.1) is 0 Å². The Labute approximate surface area is 113 Å². The van der Waals surface area contributed by atoms with Crippen molar-refractivity contribution in [1.82, 2.24) is 4.90 Å². The van der Waals surface area contributed by atoms with E-state index in [0.717, 1.165) is 19.4 Å². The van der Waals surface area contributed by atoms with Crippen LogP contribution in [0.4, 0.5) is 0 Å². The van der Waals surface area contributed by atoms with Gasteiger partial charge in [0.2, 0.25) is 0 Å². The molecular formula is C16H31NO. The fraction of sp³-hybridized carbons (Fsp3) is 0.938. The highest BCUT2D eigenvalue weighted by Crippen LogP contribution is 2.37. The van der Waals surface area contributed by atoms with Gasteiger partial charge in [0.15, 0.2) is 0 Å². The van der Waals surface area contributed by atoms with Crippen LogP contribution in [-0.4, -0.2) is 30.8 Å². The summed E-state index contributed by atoms with van der Waals surface area (Å²) in [5.41, 5.74) is 0.399. The zero-order valence-electron chi connectivity index (χ0n) is 13.0. The zero-order chi connectivity index (χ0) is 13.8. The Morgan fingerprint density at radius 1 is 1.22 bits per heavy atom. The molecule has 1 rings (SSSR count). The third-order valence-electron chi connectivity index (χ3n) is 5.15. The van der Waals surface area contributed by atoms with Gasteiger partial charge in [-0.3, -0.25) is 0 Å². The van der Waals surface area contributed by atoms with Crippen molar-refractivity contribution < 1.29 is 4.79 Å². The first-order valence-corrected chi connectivity index (χ1v) is 7.54. The lowest BCUT2D eigenvalue weighted by atomic mass is 9.74. The summed E-state index contributed by atoms with van der Waals surface area (Å²) in [6, 6.07) is 0.676. The molecule has 106 valence electrons. The molecule has 0 radical (unpaired) electrons. The minimum atomic E-state index is -0.123. The first-order chi connectivity index (χ1) is 8.38. The van der Waals surface area contributed by atoms with E-state index in [4.69, 9.17) is 0 Å². The third kappa shape index (κ3) is 3.81. The van der Waals surface area contributed by atoms with E-state index < -0.39 is 0 Å². The van der Waals surface area contributed by atoms with Crippen molar-refractivity contribution in [3.63, 3.8) is 0 Å². The highest BCUT2D eigenvalue weighted by atomic mass is 16.1. The molecule has 0 aromatic heterocycles. The minimum absolute atomic E-state index is 0.123. The van der Waals surface area contributed by atoms with E-state index in [-0.39, 0.29) is 5.41 Å². The highest BCUT2D eigenvalue weighted by Gasteiger charge is 2.33. The van der Waals surface area contributed by atoms with Crippen molar-refractivity contribution in [1.29, 1.82) is 0 Å². The maximum atomic E-state index is 11.4. The van der Waals surface area contributed by atoms with Crippen LogP contribution in [0, 0.1) is 10.8 Å². The van der Waals surface area contributed by atoms with Gasteiger partial charge in [0.25, 0.3) is 0 Å². The first kappa shape index (κ1) is 15.7. The maximum Gasteiger partial charge on any atom is 0.127 e. The van der Waals surface area contributed by atoms with Gasteiger partial charge >= 0.3 is 0 Å². The molecule has 0 amide bonds. The number of rotatable bonds is 6. The molecular weight excluding hydrogens is 222 g/mol. The Morgan fingerprint density at radius 2 is 1.72 bits per heavy atom. The Hall–Kier alpha value is -0.370. The van der Waals surface area contributed by atoms with Crippen LogP contribution in [0.3, 0.4) is 0 Å². The Kier molecular flexibility index (Phi) is 5.39. The van der Waals surface area contributed by atoms with E-state index in [9.17, 15) is 4.79 Å². The molecule has 0 saturated heterocycles. The van der Waals surface area contributed by atoms with Gasteiger partial charge in [0.1, 0.15) is 6.29 Å². The van der Waals surface area contributed by atoms with Crippen LogP contribution >= 0.6 is 0 Å². The second kappa shape index (κ2) is 6.18. The maximum absolute atomic E-state index is 11.4. The molecule has 0 aromatic rings. The summed E-state index contributed by atoms with van der Waals surface area (Å²) in [6.07, 6.45) is 8.29. The van der Waals surface area contributed by atoms with E-state index in [1.54, 1.807) is 0 Å². The topological polar surface area (TPSA) is 20.3 Å². The lowest BCUT2D eigenvalue weighted by Gasteiger charge is -2.41. The quantitative estimate of drug-likeness (QED) is 0.669. The lowest BCUT2D eigenvalue weighted by molar-refractivity contribution is -0.118. The van der Waals surface area contributed by atoms with E-state index >= 15 is 0 Å². The van der Waals surface area contributed by atoms with Gasteiger partial charge in [0.05, 0.1) is 0 Å². The summed E-state index contributed by atoms with van der Waals surface area (Å²) < 4.78 is 0. The fourth-order valence-electron chi connectivity index (χ4n) is 3.13. The SMILES string of the molecule is CCC(C=O)(CC)CN(C)C1CCC(C)(C)CC1. The number of nitrogens with zero attached hydrogens (tertiary/aromatic N) is 1. The molecule has 0 spiro atoms. The molecule has 0 N–H and O–H groups in total. The molecule has 1 aliphatic carbocycles. The van der Waals surface area contributed by atoms with Crippen LogP contribution in [0.25, 0.3) is 0 Å². The summed E-state index contributed by atoms with van der Waals surface area (Å²) in [7, 11) is 2.20. The van der Waals surface area contributed by atoms with Gasteiger partial charge in [-0.25, -0.2) is 0 Å². The Morgan fingerprint density at radius 3 is 2.11 bits per heavy atom. The molecule has 0 unspecified atom stereocenters. The normalized spacial score (nSPS) is 21.2. The molecule has 0 aliphatic heterocycles. The molecule has 0 bridgehead atoms. The monoisotopic (exact) mass is 253 g/mol. The molecule has 2 nitrogen and oxygen atoms in total. The number of hydrogen-bond acceptors (Lipinski definition) is 2. The predicted octanol–water partition coefficient (Wildman–Crippen LogP) is 3.89. The van der Waals surface area contributed by atoms with E-state index in [1.165, 1.54) is 32.0 Å². The van der Waals surface area contributed by atoms with Gasteiger partial charge in [-0.05, 0) is 51.0 Å². The van der Waals surface area contributed by atoms with E-state index in [1.807, 2.05) is 0 Å². The predicted molar refractivity (Wildman–Crippen MR) is 77.7 cm³/mol. The average Bonchev–Trinajstić information content (AvgIpc) is 2.36. The lowest BCUT2D eigenvalue weighted by Crippen LogP contribution is -2.44. The molecule has 0 aromatic carbocycles. The second-order valence-corrected chi connectivity index (χ2v) is 7.00. The Bertz CT molecular complexity index is 258. The van der Waals surface area contributed by atoms with Gasteiger partial charge < -0.3 is 9.69 Å². The standard InChI is InChI=1S/C16H31NO/c1-6-16(7-2,13-18)12-17(5)14-8-10-15(3,4)11-9-14/h13-14H,6-12H2,1-5H3. The van der Waals surface area contributed by atoms with E-state index in [2.05, 4.69) is 39.6 Å².